The van der Waals surface area contributed by atoms with Crippen LogP contribution >= 0.6 is 0 Å². The third-order valence-corrected chi connectivity index (χ3v) is 5.34. The lowest BCUT2D eigenvalue weighted by atomic mass is 10.0. The maximum absolute atomic E-state index is 13.1. The molecule has 2 amide bonds. The predicted molar refractivity (Wildman–Crippen MR) is 124 cm³/mol. The summed E-state index contributed by atoms with van der Waals surface area (Å²) in [6.07, 6.45) is 0.886. The molecule has 0 aliphatic carbocycles. The van der Waals surface area contributed by atoms with Gasteiger partial charge in [0.25, 0.3) is 0 Å². The normalized spacial score (nSPS) is 17.5. The predicted octanol–water partition coefficient (Wildman–Crippen LogP) is 2.20. The Balaban J connectivity index is 1.94. The number of nitrogens with one attached hydrogen (secondary N) is 1. The number of alkyl carbamates (subject to hydrolysis) is 1. The van der Waals surface area contributed by atoms with E-state index < -0.39 is 47.7 Å². The highest BCUT2D eigenvalue weighted by Gasteiger charge is 2.38. The number of hydrogen-bond acceptors (Lipinski definition) is 7. The zero-order chi connectivity index (χ0) is 25.3. The molecular weight excluding hydrogens is 442 g/mol. The summed E-state index contributed by atoms with van der Waals surface area (Å²) < 4.78 is 10.5. The number of likely N-dealkylation sites (tertiary alicyclic amines) is 1. The molecule has 0 radical (unpaired) electrons. The molecule has 4 N–H and O–H groups in total. The first-order chi connectivity index (χ1) is 16.0. The van der Waals surface area contributed by atoms with Gasteiger partial charge in [-0.3, -0.25) is 9.59 Å². The number of hydrogen-bond donors (Lipinski definition) is 3. The number of carboxylic acids is 1. The fourth-order valence-electron chi connectivity index (χ4n) is 3.69. The Hall–Kier alpha value is -3.14. The number of aliphatic carboxylic acids is 1. The molecule has 1 aromatic rings. The number of nitrogens with two attached hydrogens (primary N) is 1. The summed E-state index contributed by atoms with van der Waals surface area (Å²) in [5.41, 5.74) is 6.03. The smallest absolute Gasteiger partial charge is 0.408 e. The maximum atomic E-state index is 13.1. The van der Waals surface area contributed by atoms with Gasteiger partial charge >= 0.3 is 18.0 Å². The molecule has 0 spiro atoms. The lowest BCUT2D eigenvalue weighted by Crippen LogP contribution is -2.52. The Morgan fingerprint density at radius 1 is 1.18 bits per heavy atom. The minimum Gasteiger partial charge on any atom is -0.480 e. The molecule has 1 unspecified atom stereocenters. The second kappa shape index (κ2) is 12.4. The quantitative estimate of drug-likeness (QED) is 0.434. The highest BCUT2D eigenvalue weighted by molar-refractivity contribution is 5.89. The van der Waals surface area contributed by atoms with E-state index in [2.05, 4.69) is 5.32 Å². The van der Waals surface area contributed by atoms with E-state index in [1.165, 1.54) is 4.90 Å². The monoisotopic (exact) mass is 477 g/mol. The van der Waals surface area contributed by atoms with Gasteiger partial charge in [0.15, 0.2) is 0 Å². The summed E-state index contributed by atoms with van der Waals surface area (Å²) in [4.78, 5) is 50.4. The summed E-state index contributed by atoms with van der Waals surface area (Å²) in [5, 5.41) is 12.0. The topological polar surface area (TPSA) is 148 Å². The van der Waals surface area contributed by atoms with Crippen LogP contribution in [0.5, 0.6) is 0 Å². The van der Waals surface area contributed by atoms with Crippen LogP contribution in [-0.2, 0) is 30.5 Å². The van der Waals surface area contributed by atoms with Gasteiger partial charge in [-0.15, -0.1) is 0 Å². The third kappa shape index (κ3) is 8.66. The summed E-state index contributed by atoms with van der Waals surface area (Å²) >= 11 is 0. The fourth-order valence-corrected chi connectivity index (χ4v) is 3.69. The summed E-state index contributed by atoms with van der Waals surface area (Å²) in [5.74, 6) is -2.13. The number of nitrogens with zero attached hydrogens (tertiary/aromatic N) is 1. The number of carbonyl (C=O) groups is 4. The van der Waals surface area contributed by atoms with E-state index in [-0.39, 0.29) is 19.4 Å². The van der Waals surface area contributed by atoms with Gasteiger partial charge in [0.05, 0.1) is 0 Å². The lowest BCUT2D eigenvalue weighted by Gasteiger charge is -2.28. The molecule has 1 saturated heterocycles. The maximum Gasteiger partial charge on any atom is 0.408 e. The van der Waals surface area contributed by atoms with E-state index in [0.29, 0.717) is 25.8 Å². The van der Waals surface area contributed by atoms with Crippen molar-refractivity contribution < 1.29 is 33.8 Å². The molecule has 1 aromatic carbocycles. The number of esters is 1. The molecule has 10 heteroatoms. The summed E-state index contributed by atoms with van der Waals surface area (Å²) in [6, 6.07) is 6.40. The lowest BCUT2D eigenvalue weighted by molar-refractivity contribution is -0.149. The Bertz CT molecular complexity index is 854. The molecule has 1 heterocycles. The Morgan fingerprint density at radius 2 is 1.85 bits per heavy atom. The minimum absolute atomic E-state index is 0.111. The van der Waals surface area contributed by atoms with Crippen LogP contribution in [0.25, 0.3) is 0 Å². The van der Waals surface area contributed by atoms with Crippen LogP contribution in [0.1, 0.15) is 58.4 Å². The molecule has 1 aliphatic heterocycles. The Morgan fingerprint density at radius 3 is 2.47 bits per heavy atom. The SMILES string of the molecule is CC(C)(C)OC(=O)N[C@@H](CCCC(N)C(=O)OCc1ccccc1)C(=O)N1CCC[C@H]1C(=O)O. The average molecular weight is 478 g/mol. The van der Waals surface area contributed by atoms with E-state index in [1.54, 1.807) is 20.8 Å². The number of ether oxygens (including phenoxy) is 2. The van der Waals surface area contributed by atoms with Crippen molar-refractivity contribution in [2.75, 3.05) is 6.54 Å². The standard InChI is InChI=1S/C24H35N3O7/c1-24(2,3)34-23(32)26-18(20(28)27-14-8-13-19(27)21(29)30)12-7-11-17(25)22(31)33-15-16-9-5-4-6-10-16/h4-6,9-10,17-19H,7-8,11-15,25H2,1-3H3,(H,26,32)(H,29,30)/t17?,18-,19-/m0/s1. The molecule has 0 aromatic heterocycles. The Kier molecular flexibility index (Phi) is 9.85. The minimum atomic E-state index is -1.08. The molecule has 188 valence electrons. The average Bonchev–Trinajstić information content (AvgIpc) is 3.26. The highest BCUT2D eigenvalue weighted by Crippen LogP contribution is 2.20. The van der Waals surface area contributed by atoms with Gasteiger partial charge in [0.1, 0.15) is 30.3 Å². The summed E-state index contributed by atoms with van der Waals surface area (Å²) in [7, 11) is 0. The fraction of sp³-hybridized carbons (Fsp3) is 0.583. The zero-order valence-electron chi connectivity index (χ0n) is 20.0. The molecule has 34 heavy (non-hydrogen) atoms. The highest BCUT2D eigenvalue weighted by atomic mass is 16.6. The zero-order valence-corrected chi connectivity index (χ0v) is 20.0. The number of rotatable bonds is 10. The molecule has 1 aliphatic rings. The van der Waals surface area contributed by atoms with Gasteiger partial charge < -0.3 is 30.5 Å². The van der Waals surface area contributed by atoms with Crippen LogP contribution in [0.2, 0.25) is 0 Å². The van der Waals surface area contributed by atoms with Crippen molar-refractivity contribution in [2.24, 2.45) is 5.73 Å². The van der Waals surface area contributed by atoms with Gasteiger partial charge in [-0.05, 0) is 58.4 Å². The molecule has 0 bridgehead atoms. The van der Waals surface area contributed by atoms with Crippen LogP contribution in [0.15, 0.2) is 30.3 Å². The largest absolute Gasteiger partial charge is 0.480 e. The molecule has 10 nitrogen and oxygen atoms in total. The molecule has 3 atom stereocenters. The first-order valence-corrected chi connectivity index (χ1v) is 11.5. The van der Waals surface area contributed by atoms with Crippen molar-refractivity contribution in [3.8, 4) is 0 Å². The molecule has 0 saturated carbocycles. The van der Waals surface area contributed by atoms with Gasteiger partial charge in [-0.2, -0.15) is 0 Å². The van der Waals surface area contributed by atoms with E-state index in [9.17, 15) is 24.3 Å². The Labute approximate surface area is 199 Å². The van der Waals surface area contributed by atoms with Crippen LogP contribution in [0.3, 0.4) is 0 Å². The van der Waals surface area contributed by atoms with E-state index in [0.717, 1.165) is 5.56 Å². The molecule has 2 rings (SSSR count). The van der Waals surface area contributed by atoms with Crippen LogP contribution in [0, 0.1) is 0 Å². The van der Waals surface area contributed by atoms with E-state index >= 15 is 0 Å². The second-order valence-electron chi connectivity index (χ2n) is 9.36. The van der Waals surface area contributed by atoms with Gasteiger partial charge in [-0.25, -0.2) is 9.59 Å². The number of benzene rings is 1. The first kappa shape index (κ1) is 27.1. The van der Waals surface area contributed by atoms with Crippen molar-refractivity contribution in [3.63, 3.8) is 0 Å². The van der Waals surface area contributed by atoms with Crippen LogP contribution in [0.4, 0.5) is 4.79 Å². The van der Waals surface area contributed by atoms with Crippen molar-refractivity contribution in [3.05, 3.63) is 35.9 Å². The van der Waals surface area contributed by atoms with Crippen LogP contribution < -0.4 is 11.1 Å². The van der Waals surface area contributed by atoms with Crippen LogP contribution in [-0.4, -0.2) is 64.2 Å². The van der Waals surface area contributed by atoms with Gasteiger partial charge in [0.2, 0.25) is 5.91 Å². The van der Waals surface area contributed by atoms with Gasteiger partial charge in [0, 0.05) is 6.54 Å². The van der Waals surface area contributed by atoms with Crippen molar-refractivity contribution in [1.82, 2.24) is 10.2 Å². The number of carbonyl (C=O) groups excluding carboxylic acids is 3. The van der Waals surface area contributed by atoms with E-state index in [1.807, 2.05) is 30.3 Å². The van der Waals surface area contributed by atoms with Gasteiger partial charge in [-0.1, -0.05) is 30.3 Å². The molecule has 1 fully saturated rings. The van der Waals surface area contributed by atoms with E-state index in [4.69, 9.17) is 15.2 Å². The van der Waals surface area contributed by atoms with Crippen molar-refractivity contribution in [1.29, 1.82) is 0 Å². The number of amides is 2. The van der Waals surface area contributed by atoms with Crippen molar-refractivity contribution >= 4 is 23.9 Å². The number of carboxylic acid groups (broad SMARTS) is 1. The summed E-state index contributed by atoms with van der Waals surface area (Å²) in [6.45, 7) is 5.51. The van der Waals surface area contributed by atoms with Crippen molar-refractivity contribution in [2.45, 2.75) is 83.2 Å². The second-order valence-corrected chi connectivity index (χ2v) is 9.36. The first-order valence-electron chi connectivity index (χ1n) is 11.5. The third-order valence-electron chi connectivity index (χ3n) is 5.34. The molecular formula is C24H35N3O7.